The third-order valence-corrected chi connectivity index (χ3v) is 5.27. The average molecular weight is 395 g/mol. The maximum Gasteiger partial charge on any atom is 0.305 e. The van der Waals surface area contributed by atoms with Crippen molar-refractivity contribution in [2.24, 2.45) is 5.92 Å². The van der Waals surface area contributed by atoms with E-state index in [-0.39, 0.29) is 23.5 Å². The molecule has 0 spiro atoms. The van der Waals surface area contributed by atoms with Crippen LogP contribution in [-0.4, -0.2) is 35.7 Å². The number of hydrogen-bond acceptors (Lipinski definition) is 5. The molecule has 3 amide bonds. The van der Waals surface area contributed by atoms with E-state index in [1.54, 1.807) is 24.0 Å². The number of para-hydroxylation sites is 1. The highest BCUT2D eigenvalue weighted by atomic mass is 16.3. The molecule has 2 N–H and O–H groups in total. The molecule has 8 heteroatoms. The third-order valence-electron chi connectivity index (χ3n) is 5.27. The third kappa shape index (κ3) is 3.73. The van der Waals surface area contributed by atoms with Crippen LogP contribution >= 0.6 is 0 Å². The summed E-state index contributed by atoms with van der Waals surface area (Å²) in [6, 6.07) is 8.99. The molecule has 0 bridgehead atoms. The van der Waals surface area contributed by atoms with Gasteiger partial charge in [-0.3, -0.25) is 25.2 Å². The summed E-state index contributed by atoms with van der Waals surface area (Å²) < 4.78 is 10.5. The highest BCUT2D eigenvalue weighted by molar-refractivity contribution is 5.99. The normalized spacial score (nSPS) is 14.7. The van der Waals surface area contributed by atoms with Gasteiger partial charge in [0, 0.05) is 30.0 Å². The minimum atomic E-state index is -0.500. The maximum atomic E-state index is 12.4. The van der Waals surface area contributed by atoms with Gasteiger partial charge in [0.1, 0.15) is 11.8 Å². The van der Waals surface area contributed by atoms with Gasteiger partial charge in [-0.25, -0.2) is 0 Å². The van der Waals surface area contributed by atoms with E-state index in [1.165, 1.54) is 12.5 Å². The summed E-state index contributed by atoms with van der Waals surface area (Å²) in [5.74, 6) is -0.985. The van der Waals surface area contributed by atoms with Gasteiger partial charge in [-0.05, 0) is 31.9 Å². The summed E-state index contributed by atoms with van der Waals surface area (Å²) in [6.07, 6.45) is 3.92. The van der Waals surface area contributed by atoms with Crippen molar-refractivity contribution in [2.75, 3.05) is 13.1 Å². The quantitative estimate of drug-likeness (QED) is 0.664. The van der Waals surface area contributed by atoms with Crippen LogP contribution in [0.25, 0.3) is 11.0 Å². The summed E-state index contributed by atoms with van der Waals surface area (Å²) in [5.41, 5.74) is 6.75. The smallest absolute Gasteiger partial charge is 0.305 e. The van der Waals surface area contributed by atoms with Crippen molar-refractivity contribution in [3.05, 3.63) is 59.7 Å². The highest BCUT2D eigenvalue weighted by Gasteiger charge is 2.28. The minimum Gasteiger partial charge on any atom is -0.472 e. The van der Waals surface area contributed by atoms with Crippen LogP contribution in [0.5, 0.6) is 0 Å². The van der Waals surface area contributed by atoms with Crippen LogP contribution in [-0.2, 0) is 4.79 Å². The van der Waals surface area contributed by atoms with Crippen LogP contribution in [0.2, 0.25) is 0 Å². The van der Waals surface area contributed by atoms with Gasteiger partial charge >= 0.3 is 5.91 Å². The Hall–Kier alpha value is -3.55. The predicted molar refractivity (Wildman–Crippen MR) is 104 cm³/mol. The Morgan fingerprint density at radius 1 is 1.07 bits per heavy atom. The van der Waals surface area contributed by atoms with Gasteiger partial charge in [0.05, 0.1) is 11.8 Å². The van der Waals surface area contributed by atoms with Crippen molar-refractivity contribution in [2.45, 2.75) is 19.8 Å². The molecule has 150 valence electrons. The molecule has 4 rings (SSSR count). The lowest BCUT2D eigenvalue weighted by Crippen LogP contribution is -2.48. The lowest BCUT2D eigenvalue weighted by molar-refractivity contribution is -0.127. The molecule has 0 unspecified atom stereocenters. The number of hydrazine groups is 1. The van der Waals surface area contributed by atoms with Crippen molar-refractivity contribution in [3.63, 3.8) is 0 Å². The van der Waals surface area contributed by atoms with Gasteiger partial charge < -0.3 is 13.7 Å². The van der Waals surface area contributed by atoms with Gasteiger partial charge in [-0.1, -0.05) is 18.2 Å². The number of fused-ring (bicyclic) bond motifs is 1. The first kappa shape index (κ1) is 18.8. The number of piperidine rings is 1. The number of rotatable bonds is 3. The van der Waals surface area contributed by atoms with E-state index in [1.807, 2.05) is 18.2 Å². The molecule has 0 radical (unpaired) electrons. The SMILES string of the molecule is Cc1c(C(=O)NNC(=O)C2CCN(C(=O)c3ccoc3)CC2)oc2ccccc12. The summed E-state index contributed by atoms with van der Waals surface area (Å²) in [5, 5.41) is 0.860. The summed E-state index contributed by atoms with van der Waals surface area (Å²) in [6.45, 7) is 2.74. The average Bonchev–Trinajstić information content (AvgIpc) is 3.40. The molecule has 0 aliphatic carbocycles. The zero-order chi connectivity index (χ0) is 20.4. The topological polar surface area (TPSA) is 105 Å². The monoisotopic (exact) mass is 395 g/mol. The fourth-order valence-corrected chi connectivity index (χ4v) is 3.58. The molecule has 1 aliphatic heterocycles. The lowest BCUT2D eigenvalue weighted by Gasteiger charge is -2.31. The van der Waals surface area contributed by atoms with E-state index in [0.717, 1.165) is 10.9 Å². The summed E-state index contributed by atoms with van der Waals surface area (Å²) in [4.78, 5) is 38.8. The Morgan fingerprint density at radius 2 is 1.83 bits per heavy atom. The molecule has 3 heterocycles. The molecular weight excluding hydrogens is 374 g/mol. The molecule has 1 saturated heterocycles. The first-order valence-corrected chi connectivity index (χ1v) is 9.44. The fraction of sp³-hybridized carbons (Fsp3) is 0.286. The van der Waals surface area contributed by atoms with Gasteiger partial charge in [-0.2, -0.15) is 0 Å². The number of nitrogens with one attached hydrogen (secondary N) is 2. The summed E-state index contributed by atoms with van der Waals surface area (Å²) in [7, 11) is 0. The first-order valence-electron chi connectivity index (χ1n) is 9.44. The Labute approximate surface area is 166 Å². The molecule has 3 aromatic rings. The van der Waals surface area contributed by atoms with E-state index in [4.69, 9.17) is 8.83 Å². The van der Waals surface area contributed by atoms with E-state index < -0.39 is 5.91 Å². The van der Waals surface area contributed by atoms with Crippen LogP contribution in [0.4, 0.5) is 0 Å². The lowest BCUT2D eigenvalue weighted by atomic mass is 9.96. The Kier molecular flexibility index (Phi) is 5.07. The number of nitrogens with zero attached hydrogens (tertiary/aromatic N) is 1. The van der Waals surface area contributed by atoms with Crippen LogP contribution < -0.4 is 10.9 Å². The Morgan fingerprint density at radius 3 is 2.52 bits per heavy atom. The fourth-order valence-electron chi connectivity index (χ4n) is 3.58. The highest BCUT2D eigenvalue weighted by Crippen LogP contribution is 2.24. The maximum absolute atomic E-state index is 12.4. The number of hydrogen-bond donors (Lipinski definition) is 2. The summed E-state index contributed by atoms with van der Waals surface area (Å²) >= 11 is 0. The second kappa shape index (κ2) is 7.83. The van der Waals surface area contributed by atoms with E-state index in [9.17, 15) is 14.4 Å². The minimum absolute atomic E-state index is 0.105. The van der Waals surface area contributed by atoms with Crippen LogP contribution in [0.1, 0.15) is 39.3 Å². The van der Waals surface area contributed by atoms with Crippen LogP contribution in [0.15, 0.2) is 51.7 Å². The number of carbonyl (C=O) groups is 3. The van der Waals surface area contributed by atoms with E-state index in [0.29, 0.717) is 37.1 Å². The second-order valence-electron chi connectivity index (χ2n) is 7.07. The molecule has 1 aromatic carbocycles. The van der Waals surface area contributed by atoms with E-state index >= 15 is 0 Å². The number of likely N-dealkylation sites (tertiary alicyclic amines) is 1. The van der Waals surface area contributed by atoms with Crippen LogP contribution in [0.3, 0.4) is 0 Å². The molecule has 1 fully saturated rings. The Bertz CT molecular complexity index is 1050. The molecule has 29 heavy (non-hydrogen) atoms. The predicted octanol–water partition coefficient (Wildman–Crippen LogP) is 2.65. The van der Waals surface area contributed by atoms with Gasteiger partial charge in [0.2, 0.25) is 5.91 Å². The van der Waals surface area contributed by atoms with Crippen molar-refractivity contribution in [3.8, 4) is 0 Å². The second-order valence-corrected chi connectivity index (χ2v) is 7.07. The number of amides is 3. The number of furan rings is 2. The first-order chi connectivity index (χ1) is 14.0. The Balaban J connectivity index is 1.30. The molecular formula is C21H21N3O5. The van der Waals surface area contributed by atoms with Gasteiger partial charge in [0.25, 0.3) is 5.91 Å². The molecule has 2 aromatic heterocycles. The zero-order valence-corrected chi connectivity index (χ0v) is 15.9. The number of aryl methyl sites for hydroxylation is 1. The zero-order valence-electron chi connectivity index (χ0n) is 15.9. The van der Waals surface area contributed by atoms with Crippen molar-refractivity contribution in [1.82, 2.24) is 15.8 Å². The largest absolute Gasteiger partial charge is 0.472 e. The van der Waals surface area contributed by atoms with Crippen molar-refractivity contribution >= 4 is 28.7 Å². The number of carbonyl (C=O) groups excluding carboxylic acids is 3. The number of benzene rings is 1. The van der Waals surface area contributed by atoms with Crippen molar-refractivity contribution in [1.29, 1.82) is 0 Å². The molecule has 0 saturated carbocycles. The molecule has 8 nitrogen and oxygen atoms in total. The van der Waals surface area contributed by atoms with Crippen LogP contribution in [0, 0.1) is 12.8 Å². The van der Waals surface area contributed by atoms with E-state index in [2.05, 4.69) is 10.9 Å². The molecule has 1 aliphatic rings. The van der Waals surface area contributed by atoms with Crippen molar-refractivity contribution < 1.29 is 23.2 Å². The standard InChI is InChI=1S/C21H21N3O5/c1-13-16-4-2-3-5-17(16)29-18(13)20(26)23-22-19(25)14-6-9-24(10-7-14)21(27)15-8-11-28-12-15/h2-5,8,11-12,14H,6-7,9-10H2,1H3,(H,22,25)(H,23,26). The van der Waals surface area contributed by atoms with Gasteiger partial charge in [0.15, 0.2) is 5.76 Å². The molecule has 0 atom stereocenters. The van der Waals surface area contributed by atoms with Gasteiger partial charge in [-0.15, -0.1) is 0 Å².